The minimum atomic E-state index is -0.541. The summed E-state index contributed by atoms with van der Waals surface area (Å²) < 4.78 is 18.3. The number of carbonyl (C=O) groups excluding carboxylic acids is 1. The number of carbonyl (C=O) groups is 1. The molecule has 0 amide bonds. The summed E-state index contributed by atoms with van der Waals surface area (Å²) in [5.74, 6) is 0.975. The van der Waals surface area contributed by atoms with Gasteiger partial charge in [-0.3, -0.25) is 5.10 Å². The quantitative estimate of drug-likeness (QED) is 0.475. The Kier molecular flexibility index (Phi) is 5.60. The molecule has 0 unspecified atom stereocenters. The number of nitrogens with one attached hydrogen (secondary N) is 3. The van der Waals surface area contributed by atoms with E-state index in [1.54, 1.807) is 19.1 Å². The van der Waals surface area contributed by atoms with Crippen LogP contribution in [0.4, 0.5) is 22.0 Å². The van der Waals surface area contributed by atoms with Crippen LogP contribution in [0.15, 0.2) is 36.4 Å². The Morgan fingerprint density at radius 2 is 2.00 bits per heavy atom. The average molecular weight is 410 g/mol. The van der Waals surface area contributed by atoms with Crippen molar-refractivity contribution in [3.8, 4) is 0 Å². The normalized spacial score (nSPS) is 14.2. The largest absolute Gasteiger partial charge is 0.461 e. The van der Waals surface area contributed by atoms with E-state index in [2.05, 4.69) is 30.8 Å². The second-order valence-corrected chi connectivity index (χ2v) is 7.21. The van der Waals surface area contributed by atoms with Crippen molar-refractivity contribution < 1.29 is 13.9 Å². The summed E-state index contributed by atoms with van der Waals surface area (Å²) in [5.41, 5.74) is 2.07. The van der Waals surface area contributed by atoms with Crippen LogP contribution < -0.4 is 10.6 Å². The smallest absolute Gasteiger partial charge is 0.357 e. The second kappa shape index (κ2) is 8.48. The van der Waals surface area contributed by atoms with Crippen LogP contribution in [-0.2, 0) is 4.74 Å². The molecule has 0 bridgehead atoms. The van der Waals surface area contributed by atoms with Crippen LogP contribution in [-0.4, -0.2) is 32.7 Å². The summed E-state index contributed by atoms with van der Waals surface area (Å²) in [6.07, 6.45) is 2.33. The lowest BCUT2D eigenvalue weighted by Gasteiger charge is -2.15. The molecular weight excluding hydrogens is 387 g/mol. The van der Waals surface area contributed by atoms with Crippen molar-refractivity contribution in [2.75, 3.05) is 17.2 Å². The molecule has 4 rings (SSSR count). The van der Waals surface area contributed by atoms with Gasteiger partial charge in [-0.25, -0.2) is 14.2 Å². The highest BCUT2D eigenvalue weighted by Crippen LogP contribution is 2.39. The zero-order chi connectivity index (χ0) is 21.1. The third-order valence-corrected chi connectivity index (χ3v) is 4.80. The predicted octanol–water partition coefficient (Wildman–Crippen LogP) is 4.31. The Bertz CT molecular complexity index is 1030. The van der Waals surface area contributed by atoms with Gasteiger partial charge in [-0.2, -0.15) is 10.1 Å². The maximum absolute atomic E-state index is 13.2. The summed E-state index contributed by atoms with van der Waals surface area (Å²) in [4.78, 5) is 21.0. The van der Waals surface area contributed by atoms with Crippen LogP contribution in [0.2, 0.25) is 0 Å². The Morgan fingerprint density at radius 3 is 2.70 bits per heavy atom. The second-order valence-electron chi connectivity index (χ2n) is 7.21. The number of benzene rings is 1. The summed E-state index contributed by atoms with van der Waals surface area (Å²) in [5, 5.41) is 13.6. The number of halogens is 1. The van der Waals surface area contributed by atoms with E-state index in [4.69, 9.17) is 4.74 Å². The van der Waals surface area contributed by atoms with Crippen LogP contribution in [0.5, 0.6) is 0 Å². The molecule has 1 aliphatic rings. The summed E-state index contributed by atoms with van der Waals surface area (Å²) in [6.45, 7) is 3.87. The number of H-pyrrole nitrogens is 1. The van der Waals surface area contributed by atoms with Gasteiger partial charge in [0.25, 0.3) is 0 Å². The van der Waals surface area contributed by atoms with Gasteiger partial charge in [-0.15, -0.1) is 0 Å². The molecule has 3 N–H and O–H groups in total. The molecule has 30 heavy (non-hydrogen) atoms. The Balaban J connectivity index is 1.57. The van der Waals surface area contributed by atoms with Crippen molar-refractivity contribution >= 4 is 23.6 Å². The number of nitrogens with zero attached hydrogens (tertiary/aromatic N) is 3. The molecule has 1 atom stereocenters. The van der Waals surface area contributed by atoms with Crippen LogP contribution >= 0.6 is 0 Å². The Morgan fingerprint density at radius 1 is 1.23 bits per heavy atom. The highest BCUT2D eigenvalue weighted by atomic mass is 19.1. The van der Waals surface area contributed by atoms with Crippen molar-refractivity contribution in [3.05, 3.63) is 59.2 Å². The highest BCUT2D eigenvalue weighted by molar-refractivity contribution is 5.88. The molecule has 1 aromatic carbocycles. The van der Waals surface area contributed by atoms with Crippen molar-refractivity contribution in [2.45, 2.75) is 38.6 Å². The number of aromatic nitrogens is 4. The lowest BCUT2D eigenvalue weighted by atomic mass is 10.1. The summed E-state index contributed by atoms with van der Waals surface area (Å²) in [7, 11) is 0. The fourth-order valence-corrected chi connectivity index (χ4v) is 3.05. The fourth-order valence-electron chi connectivity index (χ4n) is 3.05. The lowest BCUT2D eigenvalue weighted by molar-refractivity contribution is 0.0519. The van der Waals surface area contributed by atoms with E-state index in [9.17, 15) is 9.18 Å². The third-order valence-electron chi connectivity index (χ3n) is 4.80. The van der Waals surface area contributed by atoms with Gasteiger partial charge in [0.2, 0.25) is 5.95 Å². The molecule has 2 heterocycles. The zero-order valence-corrected chi connectivity index (χ0v) is 16.8. The van der Waals surface area contributed by atoms with Gasteiger partial charge >= 0.3 is 5.97 Å². The van der Waals surface area contributed by atoms with E-state index < -0.39 is 5.97 Å². The fraction of sp³-hybridized carbons (Fsp3) is 0.333. The number of hydrogen-bond acceptors (Lipinski definition) is 7. The van der Waals surface area contributed by atoms with Crippen molar-refractivity contribution in [2.24, 2.45) is 0 Å². The molecule has 0 saturated heterocycles. The number of aromatic amines is 1. The first-order valence-electron chi connectivity index (χ1n) is 9.92. The van der Waals surface area contributed by atoms with Crippen molar-refractivity contribution in [3.63, 3.8) is 0 Å². The van der Waals surface area contributed by atoms with Gasteiger partial charge < -0.3 is 15.4 Å². The molecule has 1 aliphatic carbocycles. The molecule has 1 fully saturated rings. The van der Waals surface area contributed by atoms with E-state index in [0.29, 0.717) is 17.6 Å². The van der Waals surface area contributed by atoms with E-state index in [0.717, 1.165) is 24.1 Å². The van der Waals surface area contributed by atoms with Gasteiger partial charge in [-0.05, 0) is 44.4 Å². The van der Waals surface area contributed by atoms with Crippen LogP contribution in [0, 0.1) is 5.82 Å². The van der Waals surface area contributed by atoms with E-state index >= 15 is 0 Å². The van der Waals surface area contributed by atoms with Gasteiger partial charge in [0.15, 0.2) is 11.5 Å². The topological polar surface area (TPSA) is 105 Å². The van der Waals surface area contributed by atoms with E-state index in [1.807, 2.05) is 13.0 Å². The molecule has 3 aromatic rings. The molecule has 9 heteroatoms. The number of esters is 1. The first kappa shape index (κ1) is 19.8. The highest BCUT2D eigenvalue weighted by Gasteiger charge is 2.25. The van der Waals surface area contributed by atoms with E-state index in [-0.39, 0.29) is 30.1 Å². The predicted molar refractivity (Wildman–Crippen MR) is 110 cm³/mol. The SMILES string of the molecule is CCOC(=O)c1cc(Nc2cc(C3CC3)[nH]n2)nc(N[C@@H](C)c2ccc(F)cc2)n1. The molecule has 1 saturated carbocycles. The zero-order valence-electron chi connectivity index (χ0n) is 16.8. The number of ether oxygens (including phenoxy) is 1. The van der Waals surface area contributed by atoms with Crippen molar-refractivity contribution in [1.29, 1.82) is 0 Å². The first-order chi connectivity index (χ1) is 14.5. The molecule has 0 spiro atoms. The average Bonchev–Trinajstić information content (AvgIpc) is 3.48. The minimum Gasteiger partial charge on any atom is -0.461 e. The van der Waals surface area contributed by atoms with Crippen molar-refractivity contribution in [1.82, 2.24) is 20.2 Å². The maximum atomic E-state index is 13.2. The Labute approximate surface area is 173 Å². The molecule has 0 aliphatic heterocycles. The maximum Gasteiger partial charge on any atom is 0.357 e. The molecular formula is C21H23FN6O2. The lowest BCUT2D eigenvalue weighted by Crippen LogP contribution is -2.14. The standard InChI is InChI=1S/C21H23FN6O2/c1-3-30-20(29)17-11-18(25-19-10-16(27-28-19)14-4-5-14)26-21(24-17)23-12(2)13-6-8-15(22)9-7-13/h6-12,14H,3-5H2,1-2H3,(H3,23,24,25,26,27,28)/t12-/m0/s1. The monoisotopic (exact) mass is 410 g/mol. The van der Waals surface area contributed by atoms with Crippen LogP contribution in [0.3, 0.4) is 0 Å². The van der Waals surface area contributed by atoms with Gasteiger partial charge in [0.1, 0.15) is 11.6 Å². The number of hydrogen-bond donors (Lipinski definition) is 3. The van der Waals surface area contributed by atoms with Gasteiger partial charge in [-0.1, -0.05) is 12.1 Å². The minimum absolute atomic E-state index is 0.126. The third kappa shape index (κ3) is 4.73. The van der Waals surface area contributed by atoms with Gasteiger partial charge in [0, 0.05) is 23.7 Å². The molecule has 0 radical (unpaired) electrons. The Hall–Kier alpha value is -3.49. The molecule has 8 nitrogen and oxygen atoms in total. The van der Waals surface area contributed by atoms with Crippen LogP contribution in [0.1, 0.15) is 60.4 Å². The number of rotatable bonds is 8. The summed E-state index contributed by atoms with van der Waals surface area (Å²) in [6, 6.07) is 9.42. The first-order valence-corrected chi connectivity index (χ1v) is 9.92. The number of anilines is 3. The summed E-state index contributed by atoms with van der Waals surface area (Å²) >= 11 is 0. The molecule has 156 valence electrons. The van der Waals surface area contributed by atoms with Gasteiger partial charge in [0.05, 0.1) is 12.6 Å². The van der Waals surface area contributed by atoms with E-state index in [1.165, 1.54) is 18.2 Å². The molecule has 2 aromatic heterocycles. The van der Waals surface area contributed by atoms with Crippen LogP contribution in [0.25, 0.3) is 0 Å².